The van der Waals surface area contributed by atoms with Gasteiger partial charge in [0.2, 0.25) is 0 Å². The normalized spacial score (nSPS) is 11.6. The van der Waals surface area contributed by atoms with Crippen LogP contribution in [0.3, 0.4) is 0 Å². The monoisotopic (exact) mass is 301 g/mol. The average Bonchev–Trinajstić information content (AvgIpc) is 2.18. The first-order valence-electron chi connectivity index (χ1n) is 4.31. The van der Waals surface area contributed by atoms with Crippen molar-refractivity contribution in [1.29, 1.82) is 0 Å². The van der Waals surface area contributed by atoms with Gasteiger partial charge in [-0.1, -0.05) is 0 Å². The number of hydrogen-bond donors (Lipinski definition) is 0. The summed E-state index contributed by atoms with van der Waals surface area (Å²) in [6, 6.07) is 1.38. The Morgan fingerprint density at radius 1 is 1.44 bits per heavy atom. The molecule has 0 aliphatic carbocycles. The van der Waals surface area contributed by atoms with Crippen molar-refractivity contribution in [3.63, 3.8) is 0 Å². The van der Waals surface area contributed by atoms with E-state index in [1.165, 1.54) is 0 Å². The summed E-state index contributed by atoms with van der Waals surface area (Å²) in [6.45, 7) is -2.09. The van der Waals surface area contributed by atoms with Crippen molar-refractivity contribution in [2.45, 2.75) is 18.4 Å². The standard InChI is InChI=1S/C8H6ClF2NO5S/c1-4-6(12(13)14)2-5(18(9,15)16)3-7(4)17-8(10)11/h2-3,8H,1H3. The molecule has 0 aliphatic rings. The molecule has 10 heteroatoms. The van der Waals surface area contributed by atoms with Gasteiger partial charge in [-0.25, -0.2) is 8.42 Å². The Labute approximate surface area is 105 Å². The lowest BCUT2D eigenvalue weighted by Gasteiger charge is -2.09. The van der Waals surface area contributed by atoms with E-state index in [0.29, 0.717) is 12.1 Å². The van der Waals surface area contributed by atoms with Crippen LogP contribution >= 0.6 is 10.7 Å². The summed E-state index contributed by atoms with van der Waals surface area (Å²) in [5, 5.41) is 10.7. The Morgan fingerprint density at radius 3 is 2.39 bits per heavy atom. The predicted molar refractivity (Wildman–Crippen MR) is 57.5 cm³/mol. The Hall–Kier alpha value is -1.48. The molecule has 6 nitrogen and oxygen atoms in total. The molecule has 0 aliphatic heterocycles. The maximum absolute atomic E-state index is 12.1. The van der Waals surface area contributed by atoms with Crippen molar-refractivity contribution in [3.05, 3.63) is 27.8 Å². The number of alkyl halides is 2. The van der Waals surface area contributed by atoms with Crippen LogP contribution in [0.1, 0.15) is 5.56 Å². The smallest absolute Gasteiger partial charge is 0.387 e. The Morgan fingerprint density at radius 2 is 2.00 bits per heavy atom. The van der Waals surface area contributed by atoms with Gasteiger partial charge in [0.25, 0.3) is 14.7 Å². The SMILES string of the molecule is Cc1c(OC(F)F)cc(S(=O)(=O)Cl)cc1[N+](=O)[O-]. The van der Waals surface area contributed by atoms with Crippen LogP contribution in [0, 0.1) is 17.0 Å². The minimum absolute atomic E-state index is 0.218. The van der Waals surface area contributed by atoms with Crippen LogP contribution in [0.2, 0.25) is 0 Å². The lowest BCUT2D eigenvalue weighted by Crippen LogP contribution is -2.06. The van der Waals surface area contributed by atoms with Gasteiger partial charge in [-0.15, -0.1) is 0 Å². The molecule has 0 amide bonds. The van der Waals surface area contributed by atoms with E-state index in [-0.39, 0.29) is 5.56 Å². The van der Waals surface area contributed by atoms with E-state index in [1.54, 1.807) is 0 Å². The molecule has 0 heterocycles. The second kappa shape index (κ2) is 5.02. The van der Waals surface area contributed by atoms with E-state index >= 15 is 0 Å². The zero-order valence-corrected chi connectivity index (χ0v) is 10.3. The van der Waals surface area contributed by atoms with E-state index < -0.39 is 36.9 Å². The molecule has 0 saturated heterocycles. The fourth-order valence-corrected chi connectivity index (χ4v) is 1.96. The first-order chi connectivity index (χ1) is 8.12. The minimum Gasteiger partial charge on any atom is -0.434 e. The number of nitro benzene ring substituents is 1. The molecule has 0 bridgehead atoms. The van der Waals surface area contributed by atoms with Gasteiger partial charge in [0.05, 0.1) is 15.4 Å². The number of nitrogens with zero attached hydrogens (tertiary/aromatic N) is 1. The first kappa shape index (κ1) is 14.6. The summed E-state index contributed by atoms with van der Waals surface area (Å²) in [5.74, 6) is -0.613. The summed E-state index contributed by atoms with van der Waals surface area (Å²) in [4.78, 5) is 9.06. The molecule has 100 valence electrons. The van der Waals surface area contributed by atoms with Crippen LogP contribution in [0.15, 0.2) is 17.0 Å². The van der Waals surface area contributed by atoms with Crippen LogP contribution in [-0.2, 0) is 9.05 Å². The largest absolute Gasteiger partial charge is 0.434 e. The Kier molecular flexibility index (Phi) is 4.07. The van der Waals surface area contributed by atoms with Gasteiger partial charge in [-0.05, 0) is 6.92 Å². The maximum atomic E-state index is 12.1. The average molecular weight is 302 g/mol. The quantitative estimate of drug-likeness (QED) is 0.484. The topological polar surface area (TPSA) is 86.5 Å². The van der Waals surface area contributed by atoms with Crippen LogP contribution < -0.4 is 4.74 Å². The van der Waals surface area contributed by atoms with Crippen molar-refractivity contribution >= 4 is 25.4 Å². The fourth-order valence-electron chi connectivity index (χ4n) is 1.20. The number of benzene rings is 1. The van der Waals surface area contributed by atoms with E-state index in [9.17, 15) is 27.3 Å². The summed E-state index contributed by atoms with van der Waals surface area (Å²) in [7, 11) is 0.712. The van der Waals surface area contributed by atoms with Crippen LogP contribution in [-0.4, -0.2) is 20.0 Å². The van der Waals surface area contributed by atoms with Gasteiger partial charge >= 0.3 is 6.61 Å². The molecule has 0 unspecified atom stereocenters. The molecule has 0 fully saturated rings. The van der Waals surface area contributed by atoms with E-state index in [2.05, 4.69) is 4.74 Å². The molecule has 0 radical (unpaired) electrons. The van der Waals surface area contributed by atoms with Crippen molar-refractivity contribution in [3.8, 4) is 5.75 Å². The highest BCUT2D eigenvalue weighted by Crippen LogP contribution is 2.33. The first-order valence-corrected chi connectivity index (χ1v) is 6.62. The molecule has 18 heavy (non-hydrogen) atoms. The Bertz CT molecular complexity index is 589. The predicted octanol–water partition coefficient (Wildman–Crippen LogP) is 2.43. The molecule has 1 aromatic carbocycles. The highest BCUT2D eigenvalue weighted by atomic mass is 35.7. The fraction of sp³-hybridized carbons (Fsp3) is 0.250. The van der Waals surface area contributed by atoms with Gasteiger partial charge in [0, 0.05) is 22.8 Å². The third kappa shape index (κ3) is 3.26. The Balaban J connectivity index is 3.52. The van der Waals surface area contributed by atoms with Crippen molar-refractivity contribution < 1.29 is 26.9 Å². The lowest BCUT2D eigenvalue weighted by atomic mass is 10.2. The van der Waals surface area contributed by atoms with Crippen molar-refractivity contribution in [2.24, 2.45) is 0 Å². The number of ether oxygens (including phenoxy) is 1. The van der Waals surface area contributed by atoms with Crippen LogP contribution in [0.5, 0.6) is 5.75 Å². The molecule has 0 saturated carbocycles. The van der Waals surface area contributed by atoms with Gasteiger partial charge in [0.1, 0.15) is 5.75 Å². The van der Waals surface area contributed by atoms with Gasteiger partial charge < -0.3 is 4.74 Å². The summed E-state index contributed by atoms with van der Waals surface area (Å²) < 4.78 is 50.3. The van der Waals surface area contributed by atoms with Crippen LogP contribution in [0.4, 0.5) is 14.5 Å². The van der Waals surface area contributed by atoms with Gasteiger partial charge in [-0.2, -0.15) is 8.78 Å². The van der Waals surface area contributed by atoms with Crippen molar-refractivity contribution in [1.82, 2.24) is 0 Å². The molecule has 0 atom stereocenters. The van der Waals surface area contributed by atoms with Gasteiger partial charge in [-0.3, -0.25) is 10.1 Å². The molecule has 1 aromatic rings. The summed E-state index contributed by atoms with van der Waals surface area (Å²) in [5.41, 5.74) is -0.892. The van der Waals surface area contributed by atoms with Crippen LogP contribution in [0.25, 0.3) is 0 Å². The summed E-state index contributed by atoms with van der Waals surface area (Å²) in [6.07, 6.45) is 0. The molecule has 0 N–H and O–H groups in total. The third-order valence-electron chi connectivity index (χ3n) is 2.00. The number of hydrogen-bond acceptors (Lipinski definition) is 5. The van der Waals surface area contributed by atoms with Gasteiger partial charge in [0.15, 0.2) is 0 Å². The third-order valence-corrected chi connectivity index (χ3v) is 3.33. The second-order valence-electron chi connectivity index (χ2n) is 3.14. The highest BCUT2D eigenvalue weighted by Gasteiger charge is 2.23. The summed E-state index contributed by atoms with van der Waals surface area (Å²) >= 11 is 0. The number of halogens is 3. The maximum Gasteiger partial charge on any atom is 0.387 e. The zero-order valence-electron chi connectivity index (χ0n) is 8.76. The van der Waals surface area contributed by atoms with E-state index in [0.717, 1.165) is 6.92 Å². The lowest BCUT2D eigenvalue weighted by molar-refractivity contribution is -0.385. The number of nitro groups is 1. The molecular weight excluding hydrogens is 296 g/mol. The highest BCUT2D eigenvalue weighted by molar-refractivity contribution is 8.13. The minimum atomic E-state index is -4.29. The van der Waals surface area contributed by atoms with E-state index in [1.807, 2.05) is 0 Å². The molecule has 0 aromatic heterocycles. The second-order valence-corrected chi connectivity index (χ2v) is 5.70. The molecule has 1 rings (SSSR count). The number of rotatable bonds is 4. The zero-order chi connectivity index (χ0) is 14.1. The van der Waals surface area contributed by atoms with Crippen molar-refractivity contribution in [2.75, 3.05) is 0 Å². The molecule has 0 spiro atoms. The van der Waals surface area contributed by atoms with E-state index in [4.69, 9.17) is 10.7 Å². The molecular formula is C8H6ClF2NO5S.